The van der Waals surface area contributed by atoms with Crippen molar-refractivity contribution < 1.29 is 14.3 Å². The summed E-state index contributed by atoms with van der Waals surface area (Å²) in [6.45, 7) is 4.01. The summed E-state index contributed by atoms with van der Waals surface area (Å²) in [5.41, 5.74) is 3.92. The molecule has 2 aliphatic heterocycles. The van der Waals surface area contributed by atoms with Gasteiger partial charge in [-0.25, -0.2) is 4.79 Å². The van der Waals surface area contributed by atoms with E-state index in [9.17, 15) is 9.59 Å². The van der Waals surface area contributed by atoms with Crippen LogP contribution in [0.25, 0.3) is 0 Å². The van der Waals surface area contributed by atoms with Gasteiger partial charge in [-0.1, -0.05) is 28.1 Å². The molecule has 1 amide bonds. The zero-order valence-electron chi connectivity index (χ0n) is 17.5. The molecule has 2 N–H and O–H groups in total. The van der Waals surface area contributed by atoms with E-state index in [1.807, 2.05) is 42.5 Å². The number of benzene rings is 2. The standard InChI is InChI=1S/C24H28BrN3O3/c25-20-4-2-17(3-5-20)23(29)18-9-13-28(14-10-18)12-1-15-31-24(30)27-21-6-7-22-19(16-21)8-11-26-22/h2-7,16,18,26H,1,8-15H2,(H,27,30). The zero-order chi connectivity index (χ0) is 21.6. The Morgan fingerprint density at radius 2 is 1.90 bits per heavy atom. The van der Waals surface area contributed by atoms with E-state index in [1.54, 1.807) is 0 Å². The van der Waals surface area contributed by atoms with Gasteiger partial charge in [0.05, 0.1) is 6.61 Å². The number of piperidine rings is 1. The Balaban J connectivity index is 1.12. The first-order valence-electron chi connectivity index (χ1n) is 10.9. The largest absolute Gasteiger partial charge is 0.449 e. The summed E-state index contributed by atoms with van der Waals surface area (Å²) in [7, 11) is 0. The average molecular weight is 486 g/mol. The Bertz CT molecular complexity index is 924. The van der Waals surface area contributed by atoms with Crippen LogP contribution < -0.4 is 10.6 Å². The van der Waals surface area contributed by atoms with Crippen LogP contribution in [0.3, 0.4) is 0 Å². The molecule has 4 rings (SSSR count). The second-order valence-electron chi connectivity index (χ2n) is 8.15. The van der Waals surface area contributed by atoms with Crippen molar-refractivity contribution in [3.8, 4) is 0 Å². The Kier molecular flexibility index (Phi) is 7.25. The van der Waals surface area contributed by atoms with Crippen LogP contribution in [-0.2, 0) is 11.2 Å². The third-order valence-electron chi connectivity index (χ3n) is 6.00. The minimum atomic E-state index is -0.412. The number of halogens is 1. The molecule has 0 aliphatic carbocycles. The van der Waals surface area contributed by atoms with Crippen LogP contribution in [0, 0.1) is 5.92 Å². The van der Waals surface area contributed by atoms with Crippen LogP contribution >= 0.6 is 15.9 Å². The number of anilines is 2. The smallest absolute Gasteiger partial charge is 0.411 e. The minimum absolute atomic E-state index is 0.0991. The number of nitrogens with one attached hydrogen (secondary N) is 2. The summed E-state index contributed by atoms with van der Waals surface area (Å²) >= 11 is 3.41. The minimum Gasteiger partial charge on any atom is -0.449 e. The summed E-state index contributed by atoms with van der Waals surface area (Å²) < 4.78 is 6.32. The lowest BCUT2D eigenvalue weighted by Crippen LogP contribution is -2.37. The van der Waals surface area contributed by atoms with Gasteiger partial charge in [0.25, 0.3) is 0 Å². The maximum absolute atomic E-state index is 12.7. The maximum atomic E-state index is 12.7. The fraction of sp³-hybridized carbons (Fsp3) is 0.417. The highest BCUT2D eigenvalue weighted by atomic mass is 79.9. The molecular formula is C24H28BrN3O3. The maximum Gasteiger partial charge on any atom is 0.411 e. The lowest BCUT2D eigenvalue weighted by atomic mass is 9.89. The molecule has 0 atom stereocenters. The summed E-state index contributed by atoms with van der Waals surface area (Å²) in [5, 5.41) is 6.11. The van der Waals surface area contributed by atoms with E-state index in [4.69, 9.17) is 4.74 Å². The van der Waals surface area contributed by atoms with Gasteiger partial charge in [0.2, 0.25) is 0 Å². The SMILES string of the molecule is O=C(Nc1ccc2c(c1)CCN2)OCCCN1CCC(C(=O)c2ccc(Br)cc2)CC1. The topological polar surface area (TPSA) is 70.7 Å². The molecule has 1 fully saturated rings. The molecular weight excluding hydrogens is 458 g/mol. The third-order valence-corrected chi connectivity index (χ3v) is 6.53. The molecule has 2 aromatic rings. The molecule has 0 bridgehead atoms. The molecule has 31 heavy (non-hydrogen) atoms. The van der Waals surface area contributed by atoms with Gasteiger partial charge in [0, 0.05) is 40.4 Å². The fourth-order valence-electron chi connectivity index (χ4n) is 4.26. The van der Waals surface area contributed by atoms with Crippen LogP contribution in [0.1, 0.15) is 35.2 Å². The molecule has 0 spiro atoms. The average Bonchev–Trinajstić information content (AvgIpc) is 3.25. The molecule has 1 saturated heterocycles. The van der Waals surface area contributed by atoms with E-state index in [0.29, 0.717) is 6.61 Å². The Hall–Kier alpha value is -2.38. The van der Waals surface area contributed by atoms with Crippen molar-refractivity contribution in [1.29, 1.82) is 0 Å². The van der Waals surface area contributed by atoms with Gasteiger partial charge in [-0.2, -0.15) is 0 Å². The number of rotatable bonds is 7. The zero-order valence-corrected chi connectivity index (χ0v) is 19.1. The quantitative estimate of drug-likeness (QED) is 0.428. The van der Waals surface area contributed by atoms with Crippen LogP contribution in [0.4, 0.5) is 16.2 Å². The van der Waals surface area contributed by atoms with E-state index in [0.717, 1.165) is 73.3 Å². The van der Waals surface area contributed by atoms with E-state index in [2.05, 4.69) is 31.5 Å². The predicted molar refractivity (Wildman–Crippen MR) is 126 cm³/mol. The van der Waals surface area contributed by atoms with Crippen molar-refractivity contribution in [2.75, 3.05) is 43.4 Å². The Morgan fingerprint density at radius 1 is 1.13 bits per heavy atom. The molecule has 164 valence electrons. The first-order chi connectivity index (χ1) is 15.1. The van der Waals surface area contributed by atoms with Gasteiger partial charge < -0.3 is 15.0 Å². The van der Waals surface area contributed by atoms with E-state index < -0.39 is 6.09 Å². The first-order valence-corrected chi connectivity index (χ1v) is 11.7. The number of hydrogen-bond donors (Lipinski definition) is 2. The van der Waals surface area contributed by atoms with Gasteiger partial charge in [0.15, 0.2) is 5.78 Å². The van der Waals surface area contributed by atoms with Crippen LogP contribution in [0.2, 0.25) is 0 Å². The van der Waals surface area contributed by atoms with Gasteiger partial charge in [-0.3, -0.25) is 10.1 Å². The Morgan fingerprint density at radius 3 is 2.68 bits per heavy atom. The number of carbonyl (C=O) groups is 2. The highest BCUT2D eigenvalue weighted by Crippen LogP contribution is 2.25. The highest BCUT2D eigenvalue weighted by Gasteiger charge is 2.25. The molecule has 0 unspecified atom stereocenters. The van der Waals surface area contributed by atoms with Gasteiger partial charge in [0.1, 0.15) is 0 Å². The number of nitrogens with zero attached hydrogens (tertiary/aromatic N) is 1. The second-order valence-corrected chi connectivity index (χ2v) is 9.07. The van der Waals surface area contributed by atoms with Crippen molar-refractivity contribution in [2.24, 2.45) is 5.92 Å². The van der Waals surface area contributed by atoms with Gasteiger partial charge >= 0.3 is 6.09 Å². The van der Waals surface area contributed by atoms with E-state index in [1.165, 1.54) is 5.56 Å². The summed E-state index contributed by atoms with van der Waals surface area (Å²) in [5.74, 6) is 0.344. The summed E-state index contributed by atoms with van der Waals surface area (Å²) in [4.78, 5) is 27.0. The number of Topliss-reactive ketones (excluding diaryl/α,β-unsaturated/α-hetero) is 1. The molecule has 0 saturated carbocycles. The Labute approximate surface area is 191 Å². The van der Waals surface area contributed by atoms with E-state index >= 15 is 0 Å². The van der Waals surface area contributed by atoms with Crippen molar-refractivity contribution in [1.82, 2.24) is 4.90 Å². The molecule has 2 heterocycles. The van der Waals surface area contributed by atoms with Gasteiger partial charge in [-0.05, 0) is 74.7 Å². The fourth-order valence-corrected chi connectivity index (χ4v) is 4.52. The lowest BCUT2D eigenvalue weighted by Gasteiger charge is -2.31. The number of ketones is 1. The molecule has 0 aromatic heterocycles. The predicted octanol–water partition coefficient (Wildman–Crippen LogP) is 4.95. The van der Waals surface area contributed by atoms with E-state index in [-0.39, 0.29) is 11.7 Å². The third kappa shape index (κ3) is 5.86. The number of hydrogen-bond acceptors (Lipinski definition) is 5. The lowest BCUT2D eigenvalue weighted by molar-refractivity contribution is 0.0830. The normalized spacial score (nSPS) is 16.4. The molecule has 2 aliphatic rings. The van der Waals surface area contributed by atoms with Crippen LogP contribution in [0.15, 0.2) is 46.9 Å². The number of likely N-dealkylation sites (tertiary alicyclic amines) is 1. The second kappa shape index (κ2) is 10.3. The van der Waals surface area contributed by atoms with Crippen molar-refractivity contribution in [2.45, 2.75) is 25.7 Å². The number of ether oxygens (including phenoxy) is 1. The van der Waals surface area contributed by atoms with Gasteiger partial charge in [-0.15, -0.1) is 0 Å². The van der Waals surface area contributed by atoms with Crippen molar-refractivity contribution >= 4 is 39.2 Å². The number of carbonyl (C=O) groups excluding carboxylic acids is 2. The summed E-state index contributed by atoms with van der Waals surface area (Å²) in [6, 6.07) is 13.5. The number of fused-ring (bicyclic) bond motifs is 1. The van der Waals surface area contributed by atoms with Crippen LogP contribution in [0.5, 0.6) is 0 Å². The molecule has 6 nitrogen and oxygen atoms in total. The number of amides is 1. The monoisotopic (exact) mass is 485 g/mol. The summed E-state index contributed by atoms with van der Waals surface area (Å²) in [6.07, 6.45) is 3.11. The first kappa shape index (κ1) is 21.8. The van der Waals surface area contributed by atoms with Crippen LogP contribution in [-0.4, -0.2) is 49.6 Å². The molecule has 7 heteroatoms. The molecule has 0 radical (unpaired) electrons. The van der Waals surface area contributed by atoms with Crippen molar-refractivity contribution in [3.63, 3.8) is 0 Å². The highest BCUT2D eigenvalue weighted by molar-refractivity contribution is 9.10. The molecule has 2 aromatic carbocycles. The van der Waals surface area contributed by atoms with Crippen molar-refractivity contribution in [3.05, 3.63) is 58.1 Å².